The lowest BCUT2D eigenvalue weighted by molar-refractivity contribution is -0.143. The fourth-order valence-electron chi connectivity index (χ4n) is 2.06. The summed E-state index contributed by atoms with van der Waals surface area (Å²) in [6.07, 6.45) is 0.651. The number of amides is 2. The lowest BCUT2D eigenvalue weighted by Gasteiger charge is -2.22. The number of nitrogens with one attached hydrogen (secondary N) is 2. The van der Waals surface area contributed by atoms with Gasteiger partial charge in [-0.25, -0.2) is 4.79 Å². The predicted octanol–water partition coefficient (Wildman–Crippen LogP) is 2.67. The normalized spacial score (nSPS) is 14.2. The van der Waals surface area contributed by atoms with E-state index in [2.05, 4.69) is 10.6 Å². The molecule has 1 unspecified atom stereocenters. The molecule has 0 aliphatic carbocycles. The first kappa shape index (κ1) is 21.0. The van der Waals surface area contributed by atoms with Crippen molar-refractivity contribution in [1.82, 2.24) is 5.32 Å². The van der Waals surface area contributed by atoms with Gasteiger partial charge in [0.25, 0.3) is 0 Å². The van der Waals surface area contributed by atoms with Gasteiger partial charge < -0.3 is 15.7 Å². The van der Waals surface area contributed by atoms with Crippen molar-refractivity contribution in [2.24, 2.45) is 5.92 Å². The summed E-state index contributed by atoms with van der Waals surface area (Å²) in [6.45, 7) is 7.28. The zero-order valence-corrected chi connectivity index (χ0v) is 15.9. The van der Waals surface area contributed by atoms with Crippen LogP contribution in [0.3, 0.4) is 0 Å². The fourth-order valence-corrected chi connectivity index (χ4v) is 2.76. The van der Waals surface area contributed by atoms with Gasteiger partial charge in [-0.3, -0.25) is 9.59 Å². The first-order chi connectivity index (χ1) is 11.7. The number of carbonyl (C=O) groups excluding carboxylic acids is 2. The van der Waals surface area contributed by atoms with Gasteiger partial charge in [0.1, 0.15) is 6.04 Å². The fraction of sp³-hybridized carbons (Fsp3) is 0.500. The molecule has 3 atom stereocenters. The lowest BCUT2D eigenvalue weighted by atomic mass is 9.99. The molecule has 0 bridgehead atoms. The summed E-state index contributed by atoms with van der Waals surface area (Å²) in [4.78, 5) is 35.4. The zero-order chi connectivity index (χ0) is 19.0. The number of carboxylic acid groups (broad SMARTS) is 1. The second-order valence-corrected chi connectivity index (χ2v) is 7.41. The molecule has 0 fully saturated rings. The van der Waals surface area contributed by atoms with Crippen molar-refractivity contribution in [3.8, 4) is 0 Å². The molecule has 2 amide bonds. The zero-order valence-electron chi connectivity index (χ0n) is 15.0. The summed E-state index contributed by atoms with van der Waals surface area (Å²) in [7, 11) is 0. The molecule has 0 spiro atoms. The second kappa shape index (κ2) is 10.1. The van der Waals surface area contributed by atoms with Gasteiger partial charge in [-0.05, 0) is 31.9 Å². The first-order valence-corrected chi connectivity index (χ1v) is 9.30. The van der Waals surface area contributed by atoms with Crippen LogP contribution in [-0.2, 0) is 14.4 Å². The van der Waals surface area contributed by atoms with E-state index in [1.165, 1.54) is 11.8 Å². The standard InChI is InChI=1S/C18H26N2O4S/c1-5-12(3)16(18(23)24)20-17(22)13(4)25-10-15(21)19-14-8-6-11(2)7-9-14/h6-9,12-13,16H,5,10H2,1-4H3,(H,19,21)(H,20,22)(H,23,24)/t12-,13?,16-/m0/s1. The molecule has 138 valence electrons. The van der Waals surface area contributed by atoms with Crippen LogP contribution in [0.2, 0.25) is 0 Å². The van der Waals surface area contributed by atoms with Gasteiger partial charge >= 0.3 is 5.97 Å². The molecule has 0 heterocycles. The van der Waals surface area contributed by atoms with Crippen LogP contribution >= 0.6 is 11.8 Å². The van der Waals surface area contributed by atoms with E-state index in [9.17, 15) is 19.5 Å². The number of aryl methyl sites for hydroxylation is 1. The largest absolute Gasteiger partial charge is 0.480 e. The number of aliphatic carboxylic acids is 1. The molecule has 0 aromatic heterocycles. The van der Waals surface area contributed by atoms with Gasteiger partial charge in [0.2, 0.25) is 11.8 Å². The van der Waals surface area contributed by atoms with Gasteiger partial charge in [-0.1, -0.05) is 38.0 Å². The molecule has 6 nitrogen and oxygen atoms in total. The van der Waals surface area contributed by atoms with Gasteiger partial charge in [-0.2, -0.15) is 0 Å². The molecule has 1 rings (SSSR count). The minimum Gasteiger partial charge on any atom is -0.480 e. The van der Waals surface area contributed by atoms with E-state index in [1.807, 2.05) is 38.1 Å². The molecular formula is C18H26N2O4S. The summed E-state index contributed by atoms with van der Waals surface area (Å²) in [5, 5.41) is 14.0. The van der Waals surface area contributed by atoms with Crippen LogP contribution in [-0.4, -0.2) is 39.9 Å². The van der Waals surface area contributed by atoms with Crippen LogP contribution < -0.4 is 10.6 Å². The molecule has 0 aliphatic rings. The van der Waals surface area contributed by atoms with E-state index < -0.39 is 17.3 Å². The van der Waals surface area contributed by atoms with Crippen LogP contribution in [0.5, 0.6) is 0 Å². The average molecular weight is 366 g/mol. The SMILES string of the molecule is CC[C@H](C)[C@H](NC(=O)C(C)SCC(=O)Nc1ccc(C)cc1)C(=O)O. The smallest absolute Gasteiger partial charge is 0.326 e. The number of hydrogen-bond acceptors (Lipinski definition) is 4. The van der Waals surface area contributed by atoms with Crippen LogP contribution in [0.15, 0.2) is 24.3 Å². The maximum absolute atomic E-state index is 12.2. The van der Waals surface area contributed by atoms with E-state index >= 15 is 0 Å². The van der Waals surface area contributed by atoms with Gasteiger partial charge in [0.15, 0.2) is 0 Å². The molecule has 0 radical (unpaired) electrons. The number of thioether (sulfide) groups is 1. The predicted molar refractivity (Wildman–Crippen MR) is 101 cm³/mol. The number of anilines is 1. The third-order valence-electron chi connectivity index (χ3n) is 3.95. The highest BCUT2D eigenvalue weighted by molar-refractivity contribution is 8.01. The molecule has 25 heavy (non-hydrogen) atoms. The summed E-state index contributed by atoms with van der Waals surface area (Å²) in [6, 6.07) is 6.52. The van der Waals surface area contributed by atoms with Crippen LogP contribution in [0.1, 0.15) is 32.8 Å². The van der Waals surface area contributed by atoms with Crippen LogP contribution in [0.4, 0.5) is 5.69 Å². The van der Waals surface area contributed by atoms with Crippen molar-refractivity contribution < 1.29 is 19.5 Å². The Morgan fingerprint density at radius 2 is 1.76 bits per heavy atom. The van der Waals surface area contributed by atoms with Crippen LogP contribution in [0, 0.1) is 12.8 Å². The third-order valence-corrected chi connectivity index (χ3v) is 5.09. The summed E-state index contributed by atoms with van der Waals surface area (Å²) >= 11 is 1.17. The highest BCUT2D eigenvalue weighted by Gasteiger charge is 2.27. The van der Waals surface area contributed by atoms with E-state index in [0.717, 1.165) is 5.56 Å². The van der Waals surface area contributed by atoms with Crippen molar-refractivity contribution in [2.75, 3.05) is 11.1 Å². The van der Waals surface area contributed by atoms with Crippen molar-refractivity contribution >= 4 is 35.2 Å². The molecule has 0 saturated carbocycles. The van der Waals surface area contributed by atoms with Gasteiger partial charge in [0.05, 0.1) is 11.0 Å². The molecule has 0 aliphatic heterocycles. The maximum Gasteiger partial charge on any atom is 0.326 e. The highest BCUT2D eigenvalue weighted by Crippen LogP contribution is 2.15. The summed E-state index contributed by atoms with van der Waals surface area (Å²) < 4.78 is 0. The van der Waals surface area contributed by atoms with E-state index in [1.54, 1.807) is 13.8 Å². The van der Waals surface area contributed by atoms with E-state index in [0.29, 0.717) is 12.1 Å². The quantitative estimate of drug-likeness (QED) is 0.624. The summed E-state index contributed by atoms with van der Waals surface area (Å²) in [5.74, 6) is -1.67. The van der Waals surface area contributed by atoms with Crippen LogP contribution in [0.25, 0.3) is 0 Å². The van der Waals surface area contributed by atoms with E-state index in [4.69, 9.17) is 0 Å². The molecule has 3 N–H and O–H groups in total. The Kier molecular flexibility index (Phi) is 8.48. The second-order valence-electron chi connectivity index (χ2n) is 6.08. The minimum atomic E-state index is -1.04. The van der Waals surface area contributed by atoms with Gasteiger partial charge in [-0.15, -0.1) is 11.8 Å². The van der Waals surface area contributed by atoms with Crippen molar-refractivity contribution in [3.63, 3.8) is 0 Å². The Morgan fingerprint density at radius 1 is 1.16 bits per heavy atom. The Bertz CT molecular complexity index is 604. The van der Waals surface area contributed by atoms with Gasteiger partial charge in [0, 0.05) is 5.69 Å². The van der Waals surface area contributed by atoms with E-state index in [-0.39, 0.29) is 23.5 Å². The Labute approximate surface area is 152 Å². The molecule has 7 heteroatoms. The van der Waals surface area contributed by atoms with Crippen molar-refractivity contribution in [3.05, 3.63) is 29.8 Å². The molecule has 0 saturated heterocycles. The number of carbonyl (C=O) groups is 3. The molecule has 1 aromatic carbocycles. The Morgan fingerprint density at radius 3 is 2.28 bits per heavy atom. The number of carboxylic acids is 1. The number of hydrogen-bond donors (Lipinski definition) is 3. The lowest BCUT2D eigenvalue weighted by Crippen LogP contribution is -2.47. The highest BCUT2D eigenvalue weighted by atomic mass is 32.2. The average Bonchev–Trinajstić information content (AvgIpc) is 2.58. The molecular weight excluding hydrogens is 340 g/mol. The molecule has 1 aromatic rings. The van der Waals surface area contributed by atoms with Crippen molar-refractivity contribution in [1.29, 1.82) is 0 Å². The maximum atomic E-state index is 12.2. The number of benzene rings is 1. The topological polar surface area (TPSA) is 95.5 Å². The third kappa shape index (κ3) is 7.17. The minimum absolute atomic E-state index is 0.115. The number of rotatable bonds is 9. The monoisotopic (exact) mass is 366 g/mol. The Balaban J connectivity index is 2.47. The first-order valence-electron chi connectivity index (χ1n) is 8.25. The van der Waals surface area contributed by atoms with Crippen molar-refractivity contribution in [2.45, 2.75) is 45.4 Å². The Hall–Kier alpha value is -2.02. The summed E-state index contributed by atoms with van der Waals surface area (Å²) in [5.41, 5.74) is 1.81.